The first kappa shape index (κ1) is 20.2. The minimum absolute atomic E-state index is 0.0115. The van der Waals surface area contributed by atoms with Gasteiger partial charge >= 0.3 is 0 Å². The first-order valence-electron chi connectivity index (χ1n) is 9.85. The second-order valence-electron chi connectivity index (χ2n) is 7.33. The molecule has 7 nitrogen and oxygen atoms in total. The van der Waals surface area contributed by atoms with Gasteiger partial charge in [-0.25, -0.2) is 0 Å². The van der Waals surface area contributed by atoms with E-state index >= 15 is 0 Å². The molecule has 2 fully saturated rings. The Kier molecular flexibility index (Phi) is 5.85. The van der Waals surface area contributed by atoms with Crippen LogP contribution < -0.4 is 4.90 Å². The number of anilines is 1. The first-order valence-corrected chi connectivity index (χ1v) is 10.7. The molecule has 0 aromatic heterocycles. The second kappa shape index (κ2) is 8.71. The van der Waals surface area contributed by atoms with Crippen molar-refractivity contribution >= 4 is 40.4 Å². The molecule has 0 saturated carbocycles. The number of rotatable bonds is 5. The van der Waals surface area contributed by atoms with Gasteiger partial charge in [-0.3, -0.25) is 24.6 Å². The zero-order chi connectivity index (χ0) is 21.1. The Morgan fingerprint density at radius 1 is 1.03 bits per heavy atom. The van der Waals surface area contributed by atoms with Crippen LogP contribution in [0.5, 0.6) is 0 Å². The van der Waals surface area contributed by atoms with E-state index in [2.05, 4.69) is 4.90 Å². The van der Waals surface area contributed by atoms with E-state index in [0.717, 1.165) is 35.3 Å². The smallest absolute Gasteiger partial charge is 0.293 e. The number of benzene rings is 2. The van der Waals surface area contributed by atoms with Crippen molar-refractivity contribution in [2.45, 2.75) is 25.8 Å². The van der Waals surface area contributed by atoms with Crippen LogP contribution in [-0.2, 0) is 11.3 Å². The van der Waals surface area contributed by atoms with E-state index in [-0.39, 0.29) is 23.4 Å². The number of nitrogens with zero attached hydrogens (tertiary/aromatic N) is 3. The van der Waals surface area contributed by atoms with Gasteiger partial charge in [0.2, 0.25) is 0 Å². The summed E-state index contributed by atoms with van der Waals surface area (Å²) >= 11 is 0.893. The number of carbonyl (C=O) groups is 2. The van der Waals surface area contributed by atoms with Crippen LogP contribution in [0.2, 0.25) is 0 Å². The minimum atomic E-state index is -0.495. The van der Waals surface area contributed by atoms with Crippen LogP contribution in [0.1, 0.15) is 30.4 Å². The van der Waals surface area contributed by atoms with Gasteiger partial charge in [-0.1, -0.05) is 24.3 Å². The molecule has 0 unspecified atom stereocenters. The number of imide groups is 1. The fourth-order valence-electron chi connectivity index (χ4n) is 3.67. The summed E-state index contributed by atoms with van der Waals surface area (Å²) in [7, 11) is 0. The molecule has 4 rings (SSSR count). The quantitative estimate of drug-likeness (QED) is 0.389. The molecule has 0 radical (unpaired) electrons. The van der Waals surface area contributed by atoms with Crippen molar-refractivity contribution in [2.75, 3.05) is 18.0 Å². The summed E-state index contributed by atoms with van der Waals surface area (Å²) in [5, 5.41) is 10.6. The van der Waals surface area contributed by atoms with Crippen molar-refractivity contribution in [1.29, 1.82) is 0 Å². The average molecular weight is 423 g/mol. The molecule has 30 heavy (non-hydrogen) atoms. The molecular weight excluding hydrogens is 402 g/mol. The molecule has 2 heterocycles. The Labute approximate surface area is 178 Å². The molecular formula is C22H21N3O4S. The predicted molar refractivity (Wildman–Crippen MR) is 117 cm³/mol. The van der Waals surface area contributed by atoms with Gasteiger partial charge in [-0.15, -0.1) is 0 Å². The zero-order valence-electron chi connectivity index (χ0n) is 16.3. The molecule has 2 aromatic rings. The summed E-state index contributed by atoms with van der Waals surface area (Å²) in [5.41, 5.74) is 2.50. The molecule has 0 bridgehead atoms. The van der Waals surface area contributed by atoms with Crippen LogP contribution in [0.4, 0.5) is 16.2 Å². The number of hydrogen-bond donors (Lipinski definition) is 0. The summed E-state index contributed by atoms with van der Waals surface area (Å²) in [4.78, 5) is 39.4. The number of non-ortho nitro benzene ring substituents is 1. The Balaban J connectivity index is 1.47. The SMILES string of the molecule is O=C1S/C(=C\c2ccc(N3CCCCC3)cc2)C(=O)N1Cc1cccc([N+](=O)[O-])c1. The molecule has 0 N–H and O–H groups in total. The fraction of sp³-hybridized carbons (Fsp3) is 0.273. The van der Waals surface area contributed by atoms with Gasteiger partial charge in [0.25, 0.3) is 16.8 Å². The van der Waals surface area contributed by atoms with Gasteiger partial charge in [-0.2, -0.15) is 0 Å². The lowest BCUT2D eigenvalue weighted by atomic mass is 10.1. The highest BCUT2D eigenvalue weighted by Crippen LogP contribution is 2.34. The van der Waals surface area contributed by atoms with E-state index in [1.807, 2.05) is 24.3 Å². The van der Waals surface area contributed by atoms with E-state index in [1.165, 1.54) is 37.1 Å². The summed E-state index contributed by atoms with van der Waals surface area (Å²) in [6.45, 7) is 2.14. The normalized spacial score (nSPS) is 18.3. The van der Waals surface area contributed by atoms with Crippen molar-refractivity contribution < 1.29 is 14.5 Å². The maximum absolute atomic E-state index is 12.7. The van der Waals surface area contributed by atoms with E-state index in [1.54, 1.807) is 18.2 Å². The highest BCUT2D eigenvalue weighted by atomic mass is 32.2. The maximum Gasteiger partial charge on any atom is 0.293 e. The summed E-state index contributed by atoms with van der Waals surface area (Å²) in [6.07, 6.45) is 5.41. The van der Waals surface area contributed by atoms with E-state index in [9.17, 15) is 19.7 Å². The van der Waals surface area contributed by atoms with Crippen molar-refractivity contribution in [3.05, 3.63) is 74.7 Å². The summed E-state index contributed by atoms with van der Waals surface area (Å²) < 4.78 is 0. The zero-order valence-corrected chi connectivity index (χ0v) is 17.1. The van der Waals surface area contributed by atoms with Crippen molar-refractivity contribution in [2.24, 2.45) is 0 Å². The van der Waals surface area contributed by atoms with E-state index in [0.29, 0.717) is 10.5 Å². The second-order valence-corrected chi connectivity index (χ2v) is 8.33. The van der Waals surface area contributed by atoms with Crippen LogP contribution in [-0.4, -0.2) is 34.1 Å². The molecule has 0 atom stereocenters. The molecule has 2 aromatic carbocycles. The molecule has 2 aliphatic heterocycles. The van der Waals surface area contributed by atoms with Gasteiger partial charge in [0.1, 0.15) is 0 Å². The predicted octanol–water partition coefficient (Wildman–Crippen LogP) is 4.82. The van der Waals surface area contributed by atoms with Crippen LogP contribution in [0.25, 0.3) is 6.08 Å². The number of piperidine rings is 1. The van der Waals surface area contributed by atoms with E-state index < -0.39 is 4.92 Å². The average Bonchev–Trinajstić information content (AvgIpc) is 3.02. The molecule has 2 saturated heterocycles. The largest absolute Gasteiger partial charge is 0.372 e. The maximum atomic E-state index is 12.7. The third-order valence-electron chi connectivity index (χ3n) is 5.25. The number of hydrogen-bond acceptors (Lipinski definition) is 6. The summed E-state index contributed by atoms with van der Waals surface area (Å²) in [6, 6.07) is 14.0. The lowest BCUT2D eigenvalue weighted by Gasteiger charge is -2.28. The lowest BCUT2D eigenvalue weighted by Crippen LogP contribution is -2.29. The first-order chi connectivity index (χ1) is 14.5. The Morgan fingerprint density at radius 3 is 2.47 bits per heavy atom. The van der Waals surface area contributed by atoms with Gasteiger partial charge in [0.15, 0.2) is 0 Å². The van der Waals surface area contributed by atoms with Gasteiger partial charge in [0.05, 0.1) is 16.4 Å². The lowest BCUT2D eigenvalue weighted by molar-refractivity contribution is -0.384. The number of nitro benzene ring substituents is 1. The monoisotopic (exact) mass is 423 g/mol. The Hall–Kier alpha value is -3.13. The number of nitro groups is 1. The Morgan fingerprint density at radius 2 is 1.77 bits per heavy atom. The van der Waals surface area contributed by atoms with Gasteiger partial charge < -0.3 is 4.90 Å². The molecule has 154 valence electrons. The molecule has 0 aliphatic carbocycles. The molecule has 2 amide bonds. The topological polar surface area (TPSA) is 83.8 Å². The third-order valence-corrected chi connectivity index (χ3v) is 6.16. The molecule has 0 spiro atoms. The van der Waals surface area contributed by atoms with Gasteiger partial charge in [-0.05, 0) is 60.4 Å². The van der Waals surface area contributed by atoms with Crippen LogP contribution in [0.3, 0.4) is 0 Å². The number of carbonyl (C=O) groups excluding carboxylic acids is 2. The third kappa shape index (κ3) is 4.38. The fourth-order valence-corrected chi connectivity index (χ4v) is 4.51. The van der Waals surface area contributed by atoms with Crippen molar-refractivity contribution in [3.63, 3.8) is 0 Å². The molecule has 2 aliphatic rings. The molecule has 8 heteroatoms. The van der Waals surface area contributed by atoms with Crippen molar-refractivity contribution in [3.8, 4) is 0 Å². The highest BCUT2D eigenvalue weighted by Gasteiger charge is 2.35. The summed E-state index contributed by atoms with van der Waals surface area (Å²) in [5.74, 6) is -0.378. The Bertz CT molecular complexity index is 1010. The number of thioether (sulfide) groups is 1. The number of amides is 2. The highest BCUT2D eigenvalue weighted by molar-refractivity contribution is 8.18. The van der Waals surface area contributed by atoms with Crippen LogP contribution >= 0.6 is 11.8 Å². The van der Waals surface area contributed by atoms with Crippen LogP contribution in [0, 0.1) is 10.1 Å². The standard InChI is InChI=1S/C22H21N3O4S/c26-21-20(14-16-7-9-18(10-8-16)23-11-2-1-3-12-23)30-22(27)24(21)15-17-5-4-6-19(13-17)25(28)29/h4-10,13-14H,1-3,11-12,15H2/b20-14-. The van der Waals surface area contributed by atoms with Gasteiger partial charge in [0, 0.05) is 30.9 Å². The van der Waals surface area contributed by atoms with Crippen LogP contribution in [0.15, 0.2) is 53.4 Å². The van der Waals surface area contributed by atoms with Crippen molar-refractivity contribution in [1.82, 2.24) is 4.90 Å². The minimum Gasteiger partial charge on any atom is -0.372 e. The van der Waals surface area contributed by atoms with E-state index in [4.69, 9.17) is 0 Å².